The van der Waals surface area contributed by atoms with Gasteiger partial charge in [-0.25, -0.2) is 4.98 Å². The number of aromatic nitrogens is 2. The Labute approximate surface area is 95.6 Å². The van der Waals surface area contributed by atoms with Crippen LogP contribution in [0.5, 0.6) is 0 Å². The fourth-order valence-electron chi connectivity index (χ4n) is 1.18. The molecule has 0 aliphatic carbocycles. The van der Waals surface area contributed by atoms with Gasteiger partial charge < -0.3 is 4.98 Å². The molecule has 2 aromatic heterocycles. The van der Waals surface area contributed by atoms with Gasteiger partial charge in [0.2, 0.25) is 0 Å². The van der Waals surface area contributed by atoms with Crippen LogP contribution in [-0.4, -0.2) is 9.97 Å². The average molecular weight is 243 g/mol. The number of rotatable bonds is 1. The first-order valence-corrected chi connectivity index (χ1v) is 5.64. The highest BCUT2D eigenvalue weighted by atomic mass is 35.5. The predicted molar refractivity (Wildman–Crippen MR) is 62.5 cm³/mol. The molecule has 0 bridgehead atoms. The number of H-pyrrole nitrogens is 1. The molecule has 2 aromatic rings. The fraction of sp³-hybridized carbons (Fsp3) is 0.111. The smallest absolute Gasteiger partial charge is 0.132 e. The summed E-state index contributed by atoms with van der Waals surface area (Å²) in [5.74, 6) is 0. The first kappa shape index (κ1) is 9.83. The van der Waals surface area contributed by atoms with Crippen molar-refractivity contribution < 1.29 is 0 Å². The molecule has 0 atom stereocenters. The fourth-order valence-corrected chi connectivity index (χ4v) is 2.55. The van der Waals surface area contributed by atoms with Gasteiger partial charge in [0.1, 0.15) is 4.64 Å². The van der Waals surface area contributed by atoms with Gasteiger partial charge in [-0.05, 0) is 18.4 Å². The minimum absolute atomic E-state index is 0.614. The lowest BCUT2D eigenvalue weighted by molar-refractivity contribution is 1.12. The van der Waals surface area contributed by atoms with E-state index in [4.69, 9.17) is 23.8 Å². The van der Waals surface area contributed by atoms with Crippen LogP contribution in [-0.2, 0) is 0 Å². The van der Waals surface area contributed by atoms with Crippen LogP contribution in [0.3, 0.4) is 0 Å². The summed E-state index contributed by atoms with van der Waals surface area (Å²) in [6, 6.07) is 1.87. The van der Waals surface area contributed by atoms with E-state index in [-0.39, 0.29) is 0 Å². The second-order valence-corrected chi connectivity index (χ2v) is 4.52. The molecule has 0 unspecified atom stereocenters. The highest BCUT2D eigenvalue weighted by Gasteiger charge is 2.08. The van der Waals surface area contributed by atoms with Crippen molar-refractivity contribution in [3.05, 3.63) is 33.0 Å². The Morgan fingerprint density at radius 2 is 2.36 bits per heavy atom. The summed E-state index contributed by atoms with van der Waals surface area (Å²) in [6.07, 6.45) is 1.60. The number of nitrogens with zero attached hydrogens (tertiary/aromatic N) is 1. The standard InChI is InChI=1S/C9H7ClN2S2/c1-5-7(11-4-12-9(5)13)8-6(10)2-3-14-8/h2-4H,1H3,(H,11,12,13). The number of hydrogen-bond donors (Lipinski definition) is 1. The van der Waals surface area contributed by atoms with Gasteiger partial charge >= 0.3 is 0 Å². The SMILES string of the molecule is Cc1c(-c2sccc2Cl)[nH]cnc1=S. The number of thiophene rings is 1. The maximum atomic E-state index is 6.03. The molecule has 0 aliphatic rings. The van der Waals surface area contributed by atoms with Crippen LogP contribution in [0.1, 0.15) is 5.56 Å². The number of halogens is 1. The first-order valence-electron chi connectivity index (χ1n) is 3.98. The molecule has 2 nitrogen and oxygen atoms in total. The van der Waals surface area contributed by atoms with Crippen LogP contribution in [0, 0.1) is 11.6 Å². The van der Waals surface area contributed by atoms with Crippen molar-refractivity contribution in [2.75, 3.05) is 0 Å². The molecule has 14 heavy (non-hydrogen) atoms. The molecular formula is C9H7ClN2S2. The zero-order valence-corrected chi connectivity index (χ0v) is 9.76. The van der Waals surface area contributed by atoms with Crippen molar-refractivity contribution >= 4 is 35.2 Å². The third-order valence-corrected chi connectivity index (χ3v) is 3.70. The summed E-state index contributed by atoms with van der Waals surface area (Å²) in [7, 11) is 0. The Balaban J connectivity index is 2.69. The Morgan fingerprint density at radius 3 is 3.00 bits per heavy atom. The van der Waals surface area contributed by atoms with Gasteiger partial charge in [-0.2, -0.15) is 0 Å². The van der Waals surface area contributed by atoms with Crippen molar-refractivity contribution in [3.8, 4) is 10.6 Å². The zero-order valence-electron chi connectivity index (χ0n) is 7.37. The normalized spacial score (nSPS) is 10.4. The van der Waals surface area contributed by atoms with Crippen LogP contribution in [0.25, 0.3) is 10.6 Å². The lowest BCUT2D eigenvalue weighted by Gasteiger charge is -2.02. The predicted octanol–water partition coefficient (Wildman–Crippen LogP) is 3.83. The molecule has 5 heteroatoms. The molecule has 0 fully saturated rings. The van der Waals surface area contributed by atoms with Crippen LogP contribution >= 0.6 is 35.2 Å². The van der Waals surface area contributed by atoms with Crippen LogP contribution < -0.4 is 0 Å². The van der Waals surface area contributed by atoms with Gasteiger partial charge in [-0.3, -0.25) is 0 Å². The second kappa shape index (κ2) is 3.81. The number of hydrogen-bond acceptors (Lipinski definition) is 3. The molecule has 1 N–H and O–H groups in total. The van der Waals surface area contributed by atoms with Gasteiger partial charge in [-0.1, -0.05) is 23.8 Å². The minimum Gasteiger partial charge on any atom is -0.345 e. The van der Waals surface area contributed by atoms with Gasteiger partial charge in [0.05, 0.1) is 21.9 Å². The average Bonchev–Trinajstić information content (AvgIpc) is 2.57. The summed E-state index contributed by atoms with van der Waals surface area (Å²) in [4.78, 5) is 8.08. The van der Waals surface area contributed by atoms with E-state index in [1.165, 1.54) is 0 Å². The molecule has 0 spiro atoms. The van der Waals surface area contributed by atoms with Crippen molar-refractivity contribution in [2.24, 2.45) is 0 Å². The molecule has 0 aliphatic heterocycles. The van der Waals surface area contributed by atoms with Crippen molar-refractivity contribution in [2.45, 2.75) is 6.92 Å². The molecule has 0 saturated heterocycles. The maximum Gasteiger partial charge on any atom is 0.132 e. The second-order valence-electron chi connectivity index (χ2n) is 2.81. The van der Waals surface area contributed by atoms with Crippen molar-refractivity contribution in [1.29, 1.82) is 0 Å². The van der Waals surface area contributed by atoms with Gasteiger partial charge in [0, 0.05) is 5.56 Å². The quantitative estimate of drug-likeness (QED) is 0.770. The Morgan fingerprint density at radius 1 is 1.57 bits per heavy atom. The van der Waals surface area contributed by atoms with E-state index < -0.39 is 0 Å². The van der Waals surface area contributed by atoms with Gasteiger partial charge in [0.15, 0.2) is 0 Å². The van der Waals surface area contributed by atoms with Crippen LogP contribution in [0.15, 0.2) is 17.8 Å². The monoisotopic (exact) mass is 242 g/mol. The number of nitrogens with one attached hydrogen (secondary N) is 1. The molecule has 0 radical (unpaired) electrons. The Kier molecular flexibility index (Phi) is 2.67. The lowest BCUT2D eigenvalue weighted by Crippen LogP contribution is -1.89. The Bertz CT molecular complexity index is 516. The molecule has 0 saturated carbocycles. The summed E-state index contributed by atoms with van der Waals surface area (Å²) < 4.78 is 0.614. The van der Waals surface area contributed by atoms with Gasteiger partial charge in [-0.15, -0.1) is 11.3 Å². The summed E-state index contributed by atoms with van der Waals surface area (Å²) >= 11 is 12.7. The molecular weight excluding hydrogens is 236 g/mol. The van der Waals surface area contributed by atoms with Crippen LogP contribution in [0.2, 0.25) is 5.02 Å². The topological polar surface area (TPSA) is 28.7 Å². The molecule has 72 valence electrons. The van der Waals surface area contributed by atoms with E-state index in [1.807, 2.05) is 18.4 Å². The largest absolute Gasteiger partial charge is 0.345 e. The van der Waals surface area contributed by atoms with E-state index in [2.05, 4.69) is 9.97 Å². The first-order chi connectivity index (χ1) is 6.70. The van der Waals surface area contributed by atoms with E-state index in [0.29, 0.717) is 4.64 Å². The summed E-state index contributed by atoms with van der Waals surface area (Å²) in [5, 5.41) is 2.70. The van der Waals surface area contributed by atoms with Crippen LogP contribution in [0.4, 0.5) is 0 Å². The number of aromatic amines is 1. The Hall–Kier alpha value is -0.710. The third kappa shape index (κ3) is 1.61. The zero-order chi connectivity index (χ0) is 10.1. The maximum absolute atomic E-state index is 6.03. The molecule has 2 heterocycles. The summed E-state index contributed by atoms with van der Waals surface area (Å²) in [5.41, 5.74) is 1.93. The lowest BCUT2D eigenvalue weighted by atomic mass is 10.2. The highest BCUT2D eigenvalue weighted by molar-refractivity contribution is 7.71. The molecule has 0 aromatic carbocycles. The van der Waals surface area contributed by atoms with E-state index >= 15 is 0 Å². The van der Waals surface area contributed by atoms with Crippen molar-refractivity contribution in [1.82, 2.24) is 9.97 Å². The third-order valence-electron chi connectivity index (χ3n) is 1.93. The summed E-state index contributed by atoms with van der Waals surface area (Å²) in [6.45, 7) is 1.94. The highest BCUT2D eigenvalue weighted by Crippen LogP contribution is 2.33. The van der Waals surface area contributed by atoms with Gasteiger partial charge in [0.25, 0.3) is 0 Å². The molecule has 2 rings (SSSR count). The minimum atomic E-state index is 0.614. The van der Waals surface area contributed by atoms with E-state index in [9.17, 15) is 0 Å². The molecule has 0 amide bonds. The van der Waals surface area contributed by atoms with Crippen molar-refractivity contribution in [3.63, 3.8) is 0 Å². The van der Waals surface area contributed by atoms with E-state index in [1.54, 1.807) is 17.7 Å². The van der Waals surface area contributed by atoms with E-state index in [0.717, 1.165) is 21.2 Å².